The lowest BCUT2D eigenvalue weighted by molar-refractivity contribution is 0.0696. The number of aromatic carboxylic acids is 1. The van der Waals surface area contributed by atoms with Crippen molar-refractivity contribution >= 4 is 33.7 Å². The molecule has 0 aromatic carbocycles. The van der Waals surface area contributed by atoms with Gasteiger partial charge in [0, 0.05) is 22.6 Å². The lowest BCUT2D eigenvalue weighted by atomic mass is 10.3. The molecule has 0 atom stereocenters. The molecule has 2 aromatic rings. The van der Waals surface area contributed by atoms with Gasteiger partial charge in [-0.15, -0.1) is 11.8 Å². The first-order valence-electron chi connectivity index (χ1n) is 5.08. The molecule has 2 rings (SSSR count). The molecule has 18 heavy (non-hydrogen) atoms. The molecule has 0 fully saturated rings. The summed E-state index contributed by atoms with van der Waals surface area (Å²) in [5, 5.41) is 9.53. The van der Waals surface area contributed by atoms with Gasteiger partial charge in [0.15, 0.2) is 0 Å². The van der Waals surface area contributed by atoms with Crippen LogP contribution in [0.25, 0.3) is 0 Å². The highest BCUT2D eigenvalue weighted by atomic mass is 79.9. The van der Waals surface area contributed by atoms with Crippen LogP contribution in [0, 0.1) is 0 Å². The van der Waals surface area contributed by atoms with Gasteiger partial charge in [0.2, 0.25) is 0 Å². The van der Waals surface area contributed by atoms with Crippen LogP contribution in [0.2, 0.25) is 0 Å². The average molecular weight is 325 g/mol. The predicted octanol–water partition coefficient (Wildman–Crippen LogP) is 3.23. The van der Waals surface area contributed by atoms with E-state index < -0.39 is 5.97 Å². The van der Waals surface area contributed by atoms with Gasteiger partial charge in [-0.3, -0.25) is 4.98 Å². The maximum Gasteiger partial charge on any atom is 0.337 e. The SMILES string of the molecule is O=C(O)c1ccc(SCc2ccc(Br)cn2)nc1. The number of hydrogen-bond donors (Lipinski definition) is 1. The average Bonchev–Trinajstić information content (AvgIpc) is 2.38. The lowest BCUT2D eigenvalue weighted by Gasteiger charge is -2.01. The van der Waals surface area contributed by atoms with Crippen LogP contribution < -0.4 is 0 Å². The number of halogens is 1. The first kappa shape index (κ1) is 13.0. The molecule has 4 nitrogen and oxygen atoms in total. The highest BCUT2D eigenvalue weighted by molar-refractivity contribution is 9.10. The molecular weight excluding hydrogens is 316 g/mol. The van der Waals surface area contributed by atoms with Crippen molar-refractivity contribution < 1.29 is 9.90 Å². The van der Waals surface area contributed by atoms with E-state index in [-0.39, 0.29) is 5.56 Å². The summed E-state index contributed by atoms with van der Waals surface area (Å²) >= 11 is 4.84. The molecule has 0 spiro atoms. The van der Waals surface area contributed by atoms with Crippen LogP contribution in [0.4, 0.5) is 0 Å². The number of aromatic nitrogens is 2. The van der Waals surface area contributed by atoms with Gasteiger partial charge in [0.25, 0.3) is 0 Å². The first-order chi connectivity index (χ1) is 8.65. The summed E-state index contributed by atoms with van der Waals surface area (Å²) in [6.45, 7) is 0. The molecule has 2 heterocycles. The van der Waals surface area contributed by atoms with E-state index in [0.29, 0.717) is 5.75 Å². The molecule has 2 aromatic heterocycles. The Kier molecular flexibility index (Phi) is 4.33. The van der Waals surface area contributed by atoms with Crippen molar-refractivity contribution in [3.63, 3.8) is 0 Å². The third kappa shape index (κ3) is 3.54. The third-order valence-electron chi connectivity index (χ3n) is 2.14. The van der Waals surface area contributed by atoms with Gasteiger partial charge >= 0.3 is 5.97 Å². The quantitative estimate of drug-likeness (QED) is 0.875. The molecule has 0 saturated heterocycles. The molecule has 6 heteroatoms. The normalized spacial score (nSPS) is 10.3. The Labute approximate surface area is 117 Å². The molecule has 0 amide bonds. The van der Waals surface area contributed by atoms with Crippen LogP contribution in [-0.4, -0.2) is 21.0 Å². The first-order valence-corrected chi connectivity index (χ1v) is 6.85. The van der Waals surface area contributed by atoms with Gasteiger partial charge in [0.1, 0.15) is 0 Å². The van der Waals surface area contributed by atoms with Gasteiger partial charge in [-0.05, 0) is 40.2 Å². The molecule has 0 saturated carbocycles. The van der Waals surface area contributed by atoms with E-state index in [1.165, 1.54) is 18.0 Å². The third-order valence-corrected chi connectivity index (χ3v) is 3.59. The number of pyridine rings is 2. The van der Waals surface area contributed by atoms with Gasteiger partial charge in [0.05, 0.1) is 16.3 Å². The predicted molar refractivity (Wildman–Crippen MR) is 72.7 cm³/mol. The Morgan fingerprint density at radius 1 is 1.22 bits per heavy atom. The molecule has 0 unspecified atom stereocenters. The van der Waals surface area contributed by atoms with E-state index in [4.69, 9.17) is 5.11 Å². The summed E-state index contributed by atoms with van der Waals surface area (Å²) in [7, 11) is 0. The molecule has 0 bridgehead atoms. The molecular formula is C12H9BrN2O2S. The van der Waals surface area contributed by atoms with Crippen LogP contribution in [0.15, 0.2) is 46.2 Å². The highest BCUT2D eigenvalue weighted by Crippen LogP contribution is 2.20. The minimum atomic E-state index is -0.964. The lowest BCUT2D eigenvalue weighted by Crippen LogP contribution is -1.96. The van der Waals surface area contributed by atoms with Crippen LogP contribution in [0.3, 0.4) is 0 Å². The molecule has 0 aliphatic carbocycles. The zero-order valence-electron chi connectivity index (χ0n) is 9.21. The van der Waals surface area contributed by atoms with E-state index in [9.17, 15) is 4.79 Å². The zero-order valence-corrected chi connectivity index (χ0v) is 11.6. The smallest absolute Gasteiger partial charge is 0.337 e. The van der Waals surface area contributed by atoms with E-state index in [0.717, 1.165) is 15.2 Å². The van der Waals surface area contributed by atoms with E-state index in [2.05, 4.69) is 25.9 Å². The number of carboxylic acids is 1. The Morgan fingerprint density at radius 3 is 2.61 bits per heavy atom. The fourth-order valence-electron chi connectivity index (χ4n) is 1.23. The van der Waals surface area contributed by atoms with Gasteiger partial charge in [-0.1, -0.05) is 0 Å². The van der Waals surface area contributed by atoms with Crippen LogP contribution in [0.1, 0.15) is 16.1 Å². The Hall–Kier alpha value is -1.40. The maximum absolute atomic E-state index is 10.7. The minimum Gasteiger partial charge on any atom is -0.478 e. The van der Waals surface area contributed by atoms with Crippen LogP contribution >= 0.6 is 27.7 Å². The van der Waals surface area contributed by atoms with E-state index in [1.54, 1.807) is 18.3 Å². The van der Waals surface area contributed by atoms with Gasteiger partial charge in [-0.25, -0.2) is 9.78 Å². The van der Waals surface area contributed by atoms with Crippen LogP contribution in [-0.2, 0) is 5.75 Å². The summed E-state index contributed by atoms with van der Waals surface area (Å²) in [4.78, 5) is 19.0. The molecule has 92 valence electrons. The number of thioether (sulfide) groups is 1. The number of rotatable bonds is 4. The summed E-state index contributed by atoms with van der Waals surface area (Å²) < 4.78 is 0.945. The van der Waals surface area contributed by atoms with Crippen molar-refractivity contribution in [1.29, 1.82) is 0 Å². The highest BCUT2D eigenvalue weighted by Gasteiger charge is 2.03. The van der Waals surface area contributed by atoms with E-state index >= 15 is 0 Å². The topological polar surface area (TPSA) is 63.1 Å². The molecule has 0 aliphatic heterocycles. The van der Waals surface area contributed by atoms with Gasteiger partial charge in [-0.2, -0.15) is 0 Å². The fraction of sp³-hybridized carbons (Fsp3) is 0.0833. The van der Waals surface area contributed by atoms with Gasteiger partial charge < -0.3 is 5.11 Å². The van der Waals surface area contributed by atoms with Crippen molar-refractivity contribution in [2.75, 3.05) is 0 Å². The second-order valence-electron chi connectivity index (χ2n) is 3.45. The number of carboxylic acid groups (broad SMARTS) is 1. The monoisotopic (exact) mass is 324 g/mol. The Bertz CT molecular complexity index is 543. The summed E-state index contributed by atoms with van der Waals surface area (Å²) in [6, 6.07) is 7.12. The summed E-state index contributed by atoms with van der Waals surface area (Å²) in [5.74, 6) is -0.263. The second kappa shape index (κ2) is 5.97. The zero-order chi connectivity index (χ0) is 13.0. The number of nitrogens with zero attached hydrogens (tertiary/aromatic N) is 2. The summed E-state index contributed by atoms with van der Waals surface area (Å²) in [6.07, 6.45) is 3.11. The Balaban J connectivity index is 1.97. The largest absolute Gasteiger partial charge is 0.478 e. The van der Waals surface area contributed by atoms with Crippen molar-refractivity contribution in [3.05, 3.63) is 52.4 Å². The maximum atomic E-state index is 10.7. The second-order valence-corrected chi connectivity index (χ2v) is 5.36. The van der Waals surface area contributed by atoms with Crippen molar-refractivity contribution in [2.24, 2.45) is 0 Å². The molecule has 0 radical (unpaired) electrons. The van der Waals surface area contributed by atoms with Crippen molar-refractivity contribution in [1.82, 2.24) is 9.97 Å². The number of hydrogen-bond acceptors (Lipinski definition) is 4. The van der Waals surface area contributed by atoms with Crippen LogP contribution in [0.5, 0.6) is 0 Å². The fourth-order valence-corrected chi connectivity index (χ4v) is 2.22. The molecule has 1 N–H and O–H groups in total. The standard InChI is InChI=1S/C12H9BrN2O2S/c13-9-2-3-10(14-6-9)7-18-11-4-1-8(5-15-11)12(16)17/h1-6H,7H2,(H,16,17). The van der Waals surface area contributed by atoms with Crippen molar-refractivity contribution in [3.8, 4) is 0 Å². The van der Waals surface area contributed by atoms with E-state index in [1.807, 2.05) is 12.1 Å². The minimum absolute atomic E-state index is 0.195. The molecule has 0 aliphatic rings. The number of carbonyl (C=O) groups is 1. The Morgan fingerprint density at radius 2 is 2.06 bits per heavy atom. The summed E-state index contributed by atoms with van der Waals surface area (Å²) in [5.41, 5.74) is 1.15. The van der Waals surface area contributed by atoms with Crippen molar-refractivity contribution in [2.45, 2.75) is 10.8 Å².